The van der Waals surface area contributed by atoms with Crippen molar-refractivity contribution in [2.75, 3.05) is 19.6 Å². The largest absolute Gasteiger partial charge is 0.424 e. The zero-order valence-corrected chi connectivity index (χ0v) is 30.6. The lowest BCUT2D eigenvalue weighted by molar-refractivity contribution is -0.120. The Morgan fingerprint density at radius 3 is 1.87 bits per heavy atom. The number of amides is 3. The summed E-state index contributed by atoms with van der Waals surface area (Å²) in [6.07, 6.45) is 11.0. The van der Waals surface area contributed by atoms with Crippen LogP contribution in [-0.4, -0.2) is 60.8 Å². The lowest BCUT2D eigenvalue weighted by Gasteiger charge is -2.52. The summed E-state index contributed by atoms with van der Waals surface area (Å²) in [6, 6.07) is -0.337. The van der Waals surface area contributed by atoms with Gasteiger partial charge in [0.2, 0.25) is 14.4 Å². The van der Waals surface area contributed by atoms with E-state index in [1.165, 1.54) is 11.2 Å². The van der Waals surface area contributed by atoms with Crippen LogP contribution < -0.4 is 0 Å². The number of hydrogen-bond acceptors (Lipinski definition) is 4. The molecule has 0 bridgehead atoms. The van der Waals surface area contributed by atoms with Gasteiger partial charge >= 0.3 is 6.03 Å². The molecule has 4 atom stereocenters. The van der Waals surface area contributed by atoms with Gasteiger partial charge in [-0.3, -0.25) is 9.69 Å². The van der Waals surface area contributed by atoms with Crippen LogP contribution in [0.3, 0.4) is 0 Å². The average Bonchev–Trinajstić information content (AvgIpc) is 2.80. The first-order valence-corrected chi connectivity index (χ1v) is 17.2. The van der Waals surface area contributed by atoms with E-state index < -0.39 is 0 Å². The lowest BCUT2D eigenvalue weighted by atomic mass is 9.55. The molecule has 0 aromatic heterocycles. The van der Waals surface area contributed by atoms with Crippen molar-refractivity contribution < 1.29 is 14.3 Å². The first kappa shape index (κ1) is 37.3. The number of rotatable bonds is 10. The number of ether oxygens (including phenoxy) is 1. The van der Waals surface area contributed by atoms with Crippen LogP contribution in [0.4, 0.5) is 4.79 Å². The molecule has 3 fully saturated rings. The minimum Gasteiger partial charge on any atom is -0.424 e. The molecule has 7 nitrogen and oxygen atoms in total. The monoisotopic (exact) mass is 622 g/mol. The molecule has 0 saturated heterocycles. The normalized spacial score (nSPS) is 33.2. The van der Waals surface area contributed by atoms with Crippen LogP contribution in [0.5, 0.6) is 0 Å². The molecule has 252 valence electrons. The SMILES string of the molecule is [B]N(CC1(C)CC(C)CC(C)C1)C(=O)N(CC1(C)CC(OC#N)CC(C)(C)C1)C(=C)N(C=O)CC1(C)CC(C)(C)CC(C)(C)C1. The Labute approximate surface area is 276 Å². The summed E-state index contributed by atoms with van der Waals surface area (Å²) < 4.78 is 5.50. The summed E-state index contributed by atoms with van der Waals surface area (Å²) in [5.74, 6) is 1.51. The Bertz CT molecular complexity index is 1120. The first-order valence-electron chi connectivity index (χ1n) is 17.2. The molecule has 8 heteroatoms. The Hall–Kier alpha value is -2.17. The summed E-state index contributed by atoms with van der Waals surface area (Å²) in [5, 5.41) is 9.35. The highest BCUT2D eigenvalue weighted by Gasteiger charge is 2.48. The second-order valence-corrected chi connectivity index (χ2v) is 19.4. The molecule has 45 heavy (non-hydrogen) atoms. The van der Waals surface area contributed by atoms with Gasteiger partial charge in [-0.1, -0.05) is 82.7 Å². The van der Waals surface area contributed by atoms with Crippen molar-refractivity contribution in [2.45, 2.75) is 140 Å². The van der Waals surface area contributed by atoms with Gasteiger partial charge in [-0.25, -0.2) is 4.79 Å². The van der Waals surface area contributed by atoms with E-state index in [9.17, 15) is 14.9 Å². The molecule has 0 aromatic rings. The van der Waals surface area contributed by atoms with E-state index in [0.717, 1.165) is 51.4 Å². The summed E-state index contributed by atoms with van der Waals surface area (Å²) in [4.78, 5) is 32.0. The molecular weight excluding hydrogens is 559 g/mol. The minimum atomic E-state index is -0.381. The number of nitrogens with zero attached hydrogens (tertiary/aromatic N) is 4. The van der Waals surface area contributed by atoms with Gasteiger partial charge in [0, 0.05) is 19.6 Å². The van der Waals surface area contributed by atoms with Gasteiger partial charge in [-0.15, -0.1) is 0 Å². The summed E-state index contributed by atoms with van der Waals surface area (Å²) in [6.45, 7) is 30.5. The average molecular weight is 623 g/mol. The molecule has 0 aliphatic heterocycles. The van der Waals surface area contributed by atoms with Gasteiger partial charge in [0.15, 0.2) is 0 Å². The number of urea groups is 1. The Kier molecular flexibility index (Phi) is 10.9. The topological polar surface area (TPSA) is 76.9 Å². The van der Waals surface area contributed by atoms with Crippen molar-refractivity contribution in [3.05, 3.63) is 12.4 Å². The van der Waals surface area contributed by atoms with Gasteiger partial charge in [-0.05, 0) is 102 Å². The molecule has 2 radical (unpaired) electrons. The summed E-state index contributed by atoms with van der Waals surface area (Å²) >= 11 is 0. The van der Waals surface area contributed by atoms with E-state index in [0.29, 0.717) is 43.7 Å². The smallest absolute Gasteiger partial charge is 0.312 e. The van der Waals surface area contributed by atoms with Crippen LogP contribution in [0.1, 0.15) is 134 Å². The first-order chi connectivity index (χ1) is 20.4. The molecule has 0 N–H and O–H groups in total. The number of carbonyl (C=O) groups is 2. The molecule has 3 aliphatic rings. The van der Waals surface area contributed by atoms with Crippen molar-refractivity contribution in [3.63, 3.8) is 0 Å². The quantitative estimate of drug-likeness (QED) is 0.139. The molecule has 0 heterocycles. The van der Waals surface area contributed by atoms with E-state index in [1.54, 1.807) is 9.80 Å². The standard InChI is InChI=1S/C37H63BN4O3/c1-27-13-28(2)15-35(10,14-27)24-42(38)31(44)41(23-36(11)17-30(45-25-39)16-32(4,5)19-36)29(3)40(26-43)22-37(12)20-33(6,7)18-34(8,9)21-37/h26-28,30H,3,13-24H2,1-2,4-12H3. The second kappa shape index (κ2) is 13.1. The number of carbonyl (C=O) groups excluding carboxylic acids is 2. The van der Waals surface area contributed by atoms with Gasteiger partial charge in [-0.2, -0.15) is 5.26 Å². The van der Waals surface area contributed by atoms with Crippen molar-refractivity contribution in [2.24, 2.45) is 44.3 Å². The van der Waals surface area contributed by atoms with Crippen LogP contribution in [0.15, 0.2) is 12.4 Å². The fraction of sp³-hybridized carbons (Fsp3) is 0.865. The second-order valence-electron chi connectivity index (χ2n) is 19.4. The summed E-state index contributed by atoms with van der Waals surface area (Å²) in [7, 11) is 6.69. The maximum atomic E-state index is 14.5. The van der Waals surface area contributed by atoms with E-state index in [4.69, 9.17) is 12.7 Å². The van der Waals surface area contributed by atoms with Gasteiger partial charge in [0.05, 0.1) is 0 Å². The van der Waals surface area contributed by atoms with Gasteiger partial charge < -0.3 is 14.4 Å². The molecule has 0 spiro atoms. The molecule has 3 amide bonds. The fourth-order valence-electron chi connectivity index (χ4n) is 11.5. The molecule has 0 aromatic carbocycles. The molecule has 4 unspecified atom stereocenters. The number of hydrogen-bond donors (Lipinski definition) is 0. The third-order valence-electron chi connectivity index (χ3n) is 10.8. The molecule has 3 rings (SSSR count). The molecular formula is C37H63BN4O3. The highest BCUT2D eigenvalue weighted by Crippen LogP contribution is 2.54. The summed E-state index contributed by atoms with van der Waals surface area (Å²) in [5.41, 5.74) is -0.433. The van der Waals surface area contributed by atoms with Crippen molar-refractivity contribution >= 4 is 20.4 Å². The van der Waals surface area contributed by atoms with E-state index in [-0.39, 0.29) is 44.6 Å². The van der Waals surface area contributed by atoms with Crippen LogP contribution >= 0.6 is 0 Å². The van der Waals surface area contributed by atoms with E-state index in [2.05, 4.69) is 82.7 Å². The van der Waals surface area contributed by atoms with Crippen LogP contribution in [0.25, 0.3) is 0 Å². The Balaban J connectivity index is 1.95. The van der Waals surface area contributed by atoms with Crippen molar-refractivity contribution in [1.82, 2.24) is 14.6 Å². The number of nitriles is 1. The zero-order chi connectivity index (χ0) is 34.2. The predicted octanol–water partition coefficient (Wildman–Crippen LogP) is 8.51. The van der Waals surface area contributed by atoms with Gasteiger partial charge in [0.1, 0.15) is 11.9 Å². The fourth-order valence-corrected chi connectivity index (χ4v) is 11.5. The Morgan fingerprint density at radius 2 is 1.36 bits per heavy atom. The van der Waals surface area contributed by atoms with Crippen molar-refractivity contribution in [1.29, 1.82) is 5.26 Å². The van der Waals surface area contributed by atoms with E-state index >= 15 is 0 Å². The third-order valence-corrected chi connectivity index (χ3v) is 10.8. The predicted molar refractivity (Wildman–Crippen MR) is 183 cm³/mol. The Morgan fingerprint density at radius 1 is 0.822 bits per heavy atom. The minimum absolute atomic E-state index is 0.0892. The zero-order valence-electron chi connectivity index (χ0n) is 30.6. The lowest BCUT2D eigenvalue weighted by Crippen LogP contribution is -2.54. The van der Waals surface area contributed by atoms with Crippen LogP contribution in [0.2, 0.25) is 0 Å². The maximum absolute atomic E-state index is 14.5. The van der Waals surface area contributed by atoms with Crippen molar-refractivity contribution in [3.8, 4) is 6.26 Å². The van der Waals surface area contributed by atoms with E-state index in [1.807, 2.05) is 6.26 Å². The highest BCUT2D eigenvalue weighted by atomic mass is 16.5. The van der Waals surface area contributed by atoms with Crippen LogP contribution in [-0.2, 0) is 9.53 Å². The highest BCUT2D eigenvalue weighted by molar-refractivity contribution is 6.14. The molecule has 3 saturated carbocycles. The van der Waals surface area contributed by atoms with Crippen LogP contribution in [0, 0.1) is 55.8 Å². The maximum Gasteiger partial charge on any atom is 0.312 e. The third kappa shape index (κ3) is 9.91. The molecule has 3 aliphatic carbocycles. The van der Waals surface area contributed by atoms with Gasteiger partial charge in [0.25, 0.3) is 6.26 Å².